The van der Waals surface area contributed by atoms with E-state index in [0.29, 0.717) is 12.5 Å². The van der Waals surface area contributed by atoms with Crippen LogP contribution in [-0.4, -0.2) is 63.9 Å². The minimum absolute atomic E-state index is 0.201. The van der Waals surface area contributed by atoms with Crippen LogP contribution < -0.4 is 15.4 Å². The predicted octanol–water partition coefficient (Wildman–Crippen LogP) is 3.24. The van der Waals surface area contributed by atoms with Gasteiger partial charge in [0, 0.05) is 37.6 Å². The van der Waals surface area contributed by atoms with E-state index in [2.05, 4.69) is 27.7 Å². The van der Waals surface area contributed by atoms with Gasteiger partial charge in [0.05, 0.1) is 32.6 Å². The third kappa shape index (κ3) is 6.26. The van der Waals surface area contributed by atoms with Crippen molar-refractivity contribution in [1.82, 2.24) is 15.5 Å². The quantitative estimate of drug-likeness (QED) is 0.437. The molecule has 2 unspecified atom stereocenters. The molecule has 1 aromatic heterocycles. The van der Waals surface area contributed by atoms with Crippen LogP contribution in [0.4, 0.5) is 0 Å². The molecule has 0 bridgehead atoms. The van der Waals surface area contributed by atoms with Crippen LogP contribution in [-0.2, 0) is 11.2 Å². The molecule has 174 valence electrons. The van der Waals surface area contributed by atoms with E-state index in [1.54, 1.807) is 13.4 Å². The molecule has 0 aliphatic carbocycles. The van der Waals surface area contributed by atoms with Crippen LogP contribution in [0, 0.1) is 5.92 Å². The number of hydrogen-bond acceptors (Lipinski definition) is 5. The molecular weight excluding hydrogens is 404 g/mol. The average Bonchev–Trinajstić information content (AvgIpc) is 3.61. The fourth-order valence-electron chi connectivity index (χ4n) is 4.50. The van der Waals surface area contributed by atoms with Crippen molar-refractivity contribution >= 4 is 5.96 Å². The van der Waals surface area contributed by atoms with Crippen LogP contribution in [0.25, 0.3) is 0 Å². The highest BCUT2D eigenvalue weighted by Crippen LogP contribution is 2.31. The molecule has 3 heterocycles. The van der Waals surface area contributed by atoms with Gasteiger partial charge in [-0.15, -0.1) is 0 Å². The van der Waals surface area contributed by atoms with Gasteiger partial charge in [-0.1, -0.05) is 18.2 Å². The summed E-state index contributed by atoms with van der Waals surface area (Å²) in [5, 5.41) is 7.04. The number of benzene rings is 1. The van der Waals surface area contributed by atoms with Crippen LogP contribution in [0.5, 0.6) is 5.75 Å². The molecule has 2 atom stereocenters. The van der Waals surface area contributed by atoms with Crippen molar-refractivity contribution in [3.05, 3.63) is 54.0 Å². The van der Waals surface area contributed by atoms with Gasteiger partial charge < -0.3 is 24.5 Å². The van der Waals surface area contributed by atoms with E-state index >= 15 is 0 Å². The van der Waals surface area contributed by atoms with Crippen molar-refractivity contribution in [2.75, 3.05) is 53.0 Å². The first kappa shape index (κ1) is 22.7. The summed E-state index contributed by atoms with van der Waals surface area (Å²) in [6.45, 7) is 6.20. The maximum absolute atomic E-state index is 5.68. The Morgan fingerprint density at radius 1 is 1.19 bits per heavy atom. The number of hydrogen-bond donors (Lipinski definition) is 2. The van der Waals surface area contributed by atoms with E-state index in [0.717, 1.165) is 69.7 Å². The third-order valence-corrected chi connectivity index (χ3v) is 6.33. The maximum atomic E-state index is 5.68. The Morgan fingerprint density at radius 3 is 2.81 bits per heavy atom. The van der Waals surface area contributed by atoms with E-state index in [9.17, 15) is 0 Å². The standard InChI is InChI=1S/C25H36N4O3/c1-30-24-9-3-2-8-22(24)23(29-13-4-5-14-29)18-28-25(27-17-20-11-16-31-19-20)26-12-10-21-7-6-15-32-21/h2-3,6-9,15,20,23H,4-5,10-14,16-19H2,1H3,(H2,26,27,28). The second-order valence-corrected chi connectivity index (χ2v) is 8.56. The monoisotopic (exact) mass is 440 g/mol. The molecule has 32 heavy (non-hydrogen) atoms. The summed E-state index contributed by atoms with van der Waals surface area (Å²) in [6, 6.07) is 12.5. The summed E-state index contributed by atoms with van der Waals surface area (Å²) in [5.74, 6) is 3.30. The molecule has 7 heteroatoms. The first-order chi connectivity index (χ1) is 15.8. The van der Waals surface area contributed by atoms with E-state index < -0.39 is 0 Å². The van der Waals surface area contributed by atoms with Crippen molar-refractivity contribution in [2.45, 2.75) is 31.7 Å². The molecule has 2 saturated heterocycles. The van der Waals surface area contributed by atoms with Crippen molar-refractivity contribution in [3.63, 3.8) is 0 Å². The number of likely N-dealkylation sites (tertiary alicyclic amines) is 1. The van der Waals surface area contributed by atoms with Gasteiger partial charge in [-0.25, -0.2) is 0 Å². The van der Waals surface area contributed by atoms with Crippen LogP contribution in [0.3, 0.4) is 0 Å². The van der Waals surface area contributed by atoms with Gasteiger partial charge in [-0.05, 0) is 50.6 Å². The first-order valence-electron chi connectivity index (χ1n) is 11.8. The van der Waals surface area contributed by atoms with Crippen LogP contribution in [0.2, 0.25) is 0 Å². The SMILES string of the molecule is COc1ccccc1C(CN=C(NCCc1ccco1)NCC1CCOC1)N1CCCC1. The predicted molar refractivity (Wildman–Crippen MR) is 126 cm³/mol. The Morgan fingerprint density at radius 2 is 2.06 bits per heavy atom. The number of rotatable bonds is 10. The minimum atomic E-state index is 0.201. The highest BCUT2D eigenvalue weighted by Gasteiger charge is 2.26. The van der Waals surface area contributed by atoms with Crippen molar-refractivity contribution in [1.29, 1.82) is 0 Å². The Kier molecular flexibility index (Phi) is 8.45. The number of methoxy groups -OCH3 is 1. The number of nitrogens with one attached hydrogen (secondary N) is 2. The molecule has 7 nitrogen and oxygen atoms in total. The van der Waals surface area contributed by atoms with Gasteiger partial charge in [-0.2, -0.15) is 0 Å². The number of ether oxygens (including phenoxy) is 2. The minimum Gasteiger partial charge on any atom is -0.496 e. The normalized spacial score (nSPS) is 20.4. The molecule has 1 aromatic carbocycles. The fraction of sp³-hybridized carbons (Fsp3) is 0.560. The number of aliphatic imine (C=N–C) groups is 1. The molecule has 2 aliphatic heterocycles. The molecule has 0 amide bonds. The van der Waals surface area contributed by atoms with Gasteiger partial charge in [-0.3, -0.25) is 9.89 Å². The fourth-order valence-corrected chi connectivity index (χ4v) is 4.50. The molecule has 2 aromatic rings. The van der Waals surface area contributed by atoms with Crippen LogP contribution in [0.1, 0.15) is 36.6 Å². The lowest BCUT2D eigenvalue weighted by Gasteiger charge is -2.28. The van der Waals surface area contributed by atoms with Gasteiger partial charge in [0.25, 0.3) is 0 Å². The van der Waals surface area contributed by atoms with Crippen LogP contribution >= 0.6 is 0 Å². The van der Waals surface area contributed by atoms with E-state index in [1.807, 2.05) is 24.3 Å². The van der Waals surface area contributed by atoms with Crippen molar-refractivity contribution < 1.29 is 13.9 Å². The summed E-state index contributed by atoms with van der Waals surface area (Å²) in [6.07, 6.45) is 6.12. The van der Waals surface area contributed by atoms with Crippen molar-refractivity contribution in [2.24, 2.45) is 10.9 Å². The topological polar surface area (TPSA) is 71.3 Å². The summed E-state index contributed by atoms with van der Waals surface area (Å²) < 4.78 is 16.7. The zero-order chi connectivity index (χ0) is 22.0. The summed E-state index contributed by atoms with van der Waals surface area (Å²) in [4.78, 5) is 7.56. The van der Waals surface area contributed by atoms with E-state index in [1.165, 1.54) is 18.4 Å². The highest BCUT2D eigenvalue weighted by atomic mass is 16.5. The third-order valence-electron chi connectivity index (χ3n) is 6.33. The second-order valence-electron chi connectivity index (χ2n) is 8.56. The number of nitrogens with zero attached hydrogens (tertiary/aromatic N) is 2. The molecule has 0 spiro atoms. The molecule has 2 aliphatic rings. The zero-order valence-corrected chi connectivity index (χ0v) is 19.1. The first-order valence-corrected chi connectivity index (χ1v) is 11.8. The highest BCUT2D eigenvalue weighted by molar-refractivity contribution is 5.79. The van der Waals surface area contributed by atoms with Crippen molar-refractivity contribution in [3.8, 4) is 5.75 Å². The average molecular weight is 441 g/mol. The molecular formula is C25H36N4O3. The lowest BCUT2D eigenvalue weighted by molar-refractivity contribution is 0.186. The van der Waals surface area contributed by atoms with Gasteiger partial charge in [0.2, 0.25) is 0 Å². The number of guanidine groups is 1. The van der Waals surface area contributed by atoms with Gasteiger partial charge >= 0.3 is 0 Å². The maximum Gasteiger partial charge on any atom is 0.191 e. The Bertz CT molecular complexity index is 827. The smallest absolute Gasteiger partial charge is 0.191 e. The number of para-hydroxylation sites is 1. The summed E-state index contributed by atoms with van der Waals surface area (Å²) in [7, 11) is 1.75. The molecule has 0 radical (unpaired) electrons. The van der Waals surface area contributed by atoms with Gasteiger partial charge in [0.1, 0.15) is 11.5 Å². The zero-order valence-electron chi connectivity index (χ0n) is 19.1. The molecule has 2 N–H and O–H groups in total. The summed E-state index contributed by atoms with van der Waals surface area (Å²) in [5.41, 5.74) is 1.21. The lowest BCUT2D eigenvalue weighted by atomic mass is 10.0. The molecule has 0 saturated carbocycles. The summed E-state index contributed by atoms with van der Waals surface area (Å²) >= 11 is 0. The molecule has 4 rings (SSSR count). The Balaban J connectivity index is 1.45. The lowest BCUT2D eigenvalue weighted by Crippen LogP contribution is -2.41. The second kappa shape index (κ2) is 11.9. The van der Waals surface area contributed by atoms with Crippen LogP contribution in [0.15, 0.2) is 52.1 Å². The Labute approximate surface area is 191 Å². The van der Waals surface area contributed by atoms with E-state index in [4.69, 9.17) is 18.9 Å². The molecule has 2 fully saturated rings. The largest absolute Gasteiger partial charge is 0.496 e. The Hall–Kier alpha value is -2.51. The number of furan rings is 1. The van der Waals surface area contributed by atoms with Gasteiger partial charge in [0.15, 0.2) is 5.96 Å². The van der Waals surface area contributed by atoms with E-state index in [-0.39, 0.29) is 6.04 Å².